The van der Waals surface area contributed by atoms with E-state index >= 15 is 0 Å². The molecule has 2 unspecified atom stereocenters. The van der Waals surface area contributed by atoms with Crippen LogP contribution in [0.5, 0.6) is 0 Å². The molecule has 1 aromatic rings. The van der Waals surface area contributed by atoms with Crippen LogP contribution in [-0.4, -0.2) is 0 Å². The average Bonchev–Trinajstić information content (AvgIpc) is 2.14. The zero-order chi connectivity index (χ0) is 10.7. The molecule has 3 heteroatoms. The van der Waals surface area contributed by atoms with Crippen LogP contribution in [-0.2, 0) is 0 Å². The molecular weight excluding hydrogens is 184 g/mol. The van der Waals surface area contributed by atoms with Crippen molar-refractivity contribution in [2.75, 3.05) is 0 Å². The Bertz CT molecular complexity index is 316. The lowest BCUT2D eigenvalue weighted by atomic mass is 9.95. The summed E-state index contributed by atoms with van der Waals surface area (Å²) in [6.07, 6.45) is 1.66. The number of hydrogen-bond donors (Lipinski definition) is 1. The zero-order valence-electron chi connectivity index (χ0n) is 8.00. The quantitative estimate of drug-likeness (QED) is 0.741. The van der Waals surface area contributed by atoms with Crippen molar-refractivity contribution in [3.8, 4) is 0 Å². The molecule has 0 saturated heterocycles. The third-order valence-electron chi connectivity index (χ3n) is 2.21. The van der Waals surface area contributed by atoms with Crippen LogP contribution in [0.4, 0.5) is 8.78 Å². The Labute approximate surface area is 82.2 Å². The van der Waals surface area contributed by atoms with Crippen LogP contribution >= 0.6 is 0 Å². The summed E-state index contributed by atoms with van der Waals surface area (Å²) in [5, 5.41) is 0. The van der Waals surface area contributed by atoms with E-state index in [0.29, 0.717) is 5.56 Å². The Morgan fingerprint density at radius 3 is 2.21 bits per heavy atom. The van der Waals surface area contributed by atoms with Gasteiger partial charge in [0.1, 0.15) is 11.6 Å². The highest BCUT2D eigenvalue weighted by Crippen LogP contribution is 2.21. The second-order valence-corrected chi connectivity index (χ2v) is 3.32. The van der Waals surface area contributed by atoms with Crippen LogP contribution < -0.4 is 5.73 Å². The van der Waals surface area contributed by atoms with Crippen LogP contribution in [0.1, 0.15) is 18.5 Å². The maximum absolute atomic E-state index is 12.8. The van der Waals surface area contributed by atoms with Gasteiger partial charge in [0.05, 0.1) is 0 Å². The SMILES string of the molecule is C=CC(C)C(N)c1cc(F)cc(F)c1. The molecule has 1 nitrogen and oxygen atoms in total. The van der Waals surface area contributed by atoms with Crippen molar-refractivity contribution < 1.29 is 8.78 Å². The largest absolute Gasteiger partial charge is 0.323 e. The standard InChI is InChI=1S/C11H13F2N/c1-3-7(2)11(14)8-4-9(12)6-10(13)5-8/h3-7,11H,1,14H2,2H3. The Morgan fingerprint density at radius 2 is 1.79 bits per heavy atom. The van der Waals surface area contributed by atoms with Crippen molar-refractivity contribution in [3.63, 3.8) is 0 Å². The normalized spacial score (nSPS) is 14.9. The van der Waals surface area contributed by atoms with Gasteiger partial charge in [0.2, 0.25) is 0 Å². The van der Waals surface area contributed by atoms with Gasteiger partial charge in [-0.05, 0) is 23.6 Å². The van der Waals surface area contributed by atoms with Gasteiger partial charge in [-0.15, -0.1) is 6.58 Å². The first-order valence-electron chi connectivity index (χ1n) is 4.38. The van der Waals surface area contributed by atoms with E-state index in [-0.39, 0.29) is 5.92 Å². The molecule has 2 atom stereocenters. The van der Waals surface area contributed by atoms with Gasteiger partial charge in [-0.3, -0.25) is 0 Å². The van der Waals surface area contributed by atoms with Crippen molar-refractivity contribution in [3.05, 3.63) is 48.1 Å². The summed E-state index contributed by atoms with van der Waals surface area (Å²) in [7, 11) is 0. The molecule has 0 aliphatic carbocycles. The molecule has 14 heavy (non-hydrogen) atoms. The van der Waals surface area contributed by atoms with E-state index < -0.39 is 17.7 Å². The molecule has 0 aliphatic heterocycles. The molecule has 0 spiro atoms. The summed E-state index contributed by atoms with van der Waals surface area (Å²) in [4.78, 5) is 0. The molecule has 0 aromatic heterocycles. The van der Waals surface area contributed by atoms with Gasteiger partial charge in [0.25, 0.3) is 0 Å². The first kappa shape index (κ1) is 10.9. The highest BCUT2D eigenvalue weighted by molar-refractivity contribution is 5.22. The molecule has 2 N–H and O–H groups in total. The van der Waals surface area contributed by atoms with Crippen LogP contribution in [0.15, 0.2) is 30.9 Å². The van der Waals surface area contributed by atoms with E-state index in [2.05, 4.69) is 6.58 Å². The van der Waals surface area contributed by atoms with Crippen molar-refractivity contribution in [2.45, 2.75) is 13.0 Å². The summed E-state index contributed by atoms with van der Waals surface area (Å²) in [6, 6.07) is 2.90. The molecule has 0 aliphatic rings. The molecule has 0 fully saturated rings. The molecule has 0 radical (unpaired) electrons. The minimum absolute atomic E-state index is 0.0174. The number of benzene rings is 1. The lowest BCUT2D eigenvalue weighted by molar-refractivity contribution is 0.540. The van der Waals surface area contributed by atoms with Crippen molar-refractivity contribution in [2.24, 2.45) is 11.7 Å². The Morgan fingerprint density at radius 1 is 1.29 bits per heavy atom. The van der Waals surface area contributed by atoms with Gasteiger partial charge in [-0.25, -0.2) is 8.78 Å². The minimum atomic E-state index is -0.605. The van der Waals surface area contributed by atoms with Crippen LogP contribution in [0.25, 0.3) is 0 Å². The van der Waals surface area contributed by atoms with Gasteiger partial charge < -0.3 is 5.73 Å². The van der Waals surface area contributed by atoms with Gasteiger partial charge in [-0.2, -0.15) is 0 Å². The number of halogens is 2. The summed E-state index contributed by atoms with van der Waals surface area (Å²) < 4.78 is 25.7. The molecule has 0 amide bonds. The number of nitrogens with two attached hydrogens (primary N) is 1. The fraction of sp³-hybridized carbons (Fsp3) is 0.273. The van der Waals surface area contributed by atoms with Gasteiger partial charge in [0, 0.05) is 12.1 Å². The third-order valence-corrected chi connectivity index (χ3v) is 2.21. The smallest absolute Gasteiger partial charge is 0.126 e. The second kappa shape index (κ2) is 4.33. The van der Waals surface area contributed by atoms with E-state index in [4.69, 9.17) is 5.73 Å². The highest BCUT2D eigenvalue weighted by Gasteiger charge is 2.13. The van der Waals surface area contributed by atoms with E-state index in [9.17, 15) is 8.78 Å². The van der Waals surface area contributed by atoms with E-state index in [1.165, 1.54) is 12.1 Å². The van der Waals surface area contributed by atoms with Crippen molar-refractivity contribution >= 4 is 0 Å². The van der Waals surface area contributed by atoms with Crippen LogP contribution in [0, 0.1) is 17.6 Å². The predicted molar refractivity (Wildman–Crippen MR) is 52.6 cm³/mol. The molecule has 1 rings (SSSR count). The maximum Gasteiger partial charge on any atom is 0.126 e. The number of hydrogen-bond acceptors (Lipinski definition) is 1. The summed E-state index contributed by atoms with van der Waals surface area (Å²) in [6.45, 7) is 5.43. The summed E-state index contributed by atoms with van der Waals surface area (Å²) >= 11 is 0. The molecular formula is C11H13F2N. The van der Waals surface area contributed by atoms with E-state index in [1.807, 2.05) is 6.92 Å². The summed E-state index contributed by atoms with van der Waals surface area (Å²) in [5.74, 6) is -1.23. The monoisotopic (exact) mass is 197 g/mol. The third kappa shape index (κ3) is 2.39. The first-order chi connectivity index (χ1) is 6.54. The Hall–Kier alpha value is -1.22. The fourth-order valence-corrected chi connectivity index (χ4v) is 1.22. The molecule has 0 bridgehead atoms. The van der Waals surface area contributed by atoms with Crippen LogP contribution in [0.2, 0.25) is 0 Å². The van der Waals surface area contributed by atoms with Crippen molar-refractivity contribution in [1.82, 2.24) is 0 Å². The Balaban J connectivity index is 3.00. The molecule has 1 aromatic carbocycles. The molecule has 0 heterocycles. The first-order valence-corrected chi connectivity index (χ1v) is 4.38. The predicted octanol–water partition coefficient (Wildman–Crippen LogP) is 2.79. The van der Waals surface area contributed by atoms with Gasteiger partial charge in [0.15, 0.2) is 0 Å². The topological polar surface area (TPSA) is 26.0 Å². The maximum atomic E-state index is 12.8. The molecule has 0 saturated carbocycles. The minimum Gasteiger partial charge on any atom is -0.323 e. The number of rotatable bonds is 3. The Kier molecular flexibility index (Phi) is 3.36. The molecule has 76 valence electrons. The van der Waals surface area contributed by atoms with Gasteiger partial charge >= 0.3 is 0 Å². The van der Waals surface area contributed by atoms with Crippen LogP contribution in [0.3, 0.4) is 0 Å². The van der Waals surface area contributed by atoms with Crippen molar-refractivity contribution in [1.29, 1.82) is 0 Å². The summed E-state index contributed by atoms with van der Waals surface area (Å²) in [5.41, 5.74) is 6.24. The van der Waals surface area contributed by atoms with E-state index in [1.54, 1.807) is 6.08 Å². The highest BCUT2D eigenvalue weighted by atomic mass is 19.1. The zero-order valence-corrected chi connectivity index (χ0v) is 8.00. The lowest BCUT2D eigenvalue weighted by Gasteiger charge is -2.16. The lowest BCUT2D eigenvalue weighted by Crippen LogP contribution is -2.17. The van der Waals surface area contributed by atoms with Gasteiger partial charge in [-0.1, -0.05) is 13.0 Å². The second-order valence-electron chi connectivity index (χ2n) is 3.32. The average molecular weight is 197 g/mol. The fourth-order valence-electron chi connectivity index (χ4n) is 1.22. The van der Waals surface area contributed by atoms with E-state index in [0.717, 1.165) is 6.07 Å².